The second-order valence-corrected chi connectivity index (χ2v) is 6.75. The Morgan fingerprint density at radius 1 is 0.929 bits per heavy atom. The summed E-state index contributed by atoms with van der Waals surface area (Å²) in [6.07, 6.45) is 0.0308. The van der Waals surface area contributed by atoms with Gasteiger partial charge in [-0.15, -0.1) is 0 Å². The summed E-state index contributed by atoms with van der Waals surface area (Å²) in [5.41, 5.74) is -0.669. The van der Waals surface area contributed by atoms with Gasteiger partial charge in [-0.1, -0.05) is 30.3 Å². The molecule has 7 nitrogen and oxygen atoms in total. The Balaban J connectivity index is 1.43. The zero-order valence-electron chi connectivity index (χ0n) is 15.4. The number of nitrogens with zero attached hydrogens (tertiary/aromatic N) is 1. The third kappa shape index (κ3) is 5.01. The number of piperidine rings is 1. The Bertz CT molecular complexity index is 797. The normalized spacial score (nSPS) is 15.7. The number of hydrogen-bond donors (Lipinski definition) is 2. The van der Waals surface area contributed by atoms with E-state index >= 15 is 0 Å². The van der Waals surface area contributed by atoms with Crippen LogP contribution in [0.15, 0.2) is 54.6 Å². The molecule has 1 heterocycles. The van der Waals surface area contributed by atoms with Crippen LogP contribution in [0.2, 0.25) is 0 Å². The van der Waals surface area contributed by atoms with E-state index in [4.69, 9.17) is 14.6 Å². The fraction of sp³-hybridized carbons (Fsp3) is 0.333. The summed E-state index contributed by atoms with van der Waals surface area (Å²) < 4.78 is 11.2. The highest BCUT2D eigenvalue weighted by Crippen LogP contribution is 2.23. The summed E-state index contributed by atoms with van der Waals surface area (Å²) in [6.45, 7) is 0.710. The molecule has 2 aromatic rings. The van der Waals surface area contributed by atoms with Crippen LogP contribution in [0.1, 0.15) is 18.4 Å². The Morgan fingerprint density at radius 2 is 1.50 bits per heavy atom. The molecule has 1 amide bonds. The van der Waals surface area contributed by atoms with Crippen molar-refractivity contribution in [2.24, 2.45) is 0 Å². The van der Waals surface area contributed by atoms with Gasteiger partial charge in [0.2, 0.25) is 0 Å². The number of hydrogen-bond acceptors (Lipinski definition) is 5. The first-order valence-corrected chi connectivity index (χ1v) is 9.09. The van der Waals surface area contributed by atoms with Gasteiger partial charge in [-0.3, -0.25) is 4.79 Å². The Labute approximate surface area is 163 Å². The second kappa shape index (κ2) is 8.75. The number of carbonyl (C=O) groups is 2. The van der Waals surface area contributed by atoms with Crippen LogP contribution >= 0.6 is 0 Å². The third-order valence-corrected chi connectivity index (χ3v) is 4.78. The highest BCUT2D eigenvalue weighted by Gasteiger charge is 2.40. The molecule has 0 spiro atoms. The molecule has 1 saturated heterocycles. The minimum atomic E-state index is -1.74. The molecule has 2 N–H and O–H groups in total. The number of benzene rings is 2. The molecule has 2 aromatic carbocycles. The van der Waals surface area contributed by atoms with Gasteiger partial charge in [0, 0.05) is 25.9 Å². The SMILES string of the molecule is O=C(COc1ccc(OCc2ccccc2)cc1)N1CCC(O)(C(=O)O)CC1. The van der Waals surface area contributed by atoms with Crippen molar-refractivity contribution in [3.63, 3.8) is 0 Å². The maximum absolute atomic E-state index is 12.2. The summed E-state index contributed by atoms with van der Waals surface area (Å²) >= 11 is 0. The maximum atomic E-state index is 12.2. The summed E-state index contributed by atoms with van der Waals surface area (Å²) in [5.74, 6) is -0.242. The molecule has 0 radical (unpaired) electrons. The molecular formula is C21H23NO6. The molecule has 28 heavy (non-hydrogen) atoms. The largest absolute Gasteiger partial charge is 0.489 e. The lowest BCUT2D eigenvalue weighted by atomic mass is 9.92. The highest BCUT2D eigenvalue weighted by molar-refractivity contribution is 5.80. The highest BCUT2D eigenvalue weighted by atomic mass is 16.5. The average Bonchev–Trinajstić information content (AvgIpc) is 2.72. The van der Waals surface area contributed by atoms with Gasteiger partial charge < -0.3 is 24.6 Å². The van der Waals surface area contributed by atoms with E-state index in [0.29, 0.717) is 18.1 Å². The molecule has 0 aromatic heterocycles. The Morgan fingerprint density at radius 3 is 2.07 bits per heavy atom. The van der Waals surface area contributed by atoms with Crippen molar-refractivity contribution >= 4 is 11.9 Å². The van der Waals surface area contributed by atoms with E-state index in [1.54, 1.807) is 24.3 Å². The van der Waals surface area contributed by atoms with Crippen LogP contribution in [0.25, 0.3) is 0 Å². The molecule has 1 aliphatic rings. The van der Waals surface area contributed by atoms with E-state index in [1.807, 2.05) is 30.3 Å². The molecule has 0 saturated carbocycles. The zero-order valence-corrected chi connectivity index (χ0v) is 15.4. The summed E-state index contributed by atoms with van der Waals surface area (Å²) in [7, 11) is 0. The number of carbonyl (C=O) groups excluding carboxylic acids is 1. The van der Waals surface area contributed by atoms with Crippen molar-refractivity contribution in [2.45, 2.75) is 25.0 Å². The van der Waals surface area contributed by atoms with E-state index in [-0.39, 0.29) is 38.4 Å². The lowest BCUT2D eigenvalue weighted by Gasteiger charge is -2.35. The number of aliphatic hydroxyl groups is 1. The number of carboxylic acids is 1. The molecule has 0 bridgehead atoms. The van der Waals surface area contributed by atoms with Crippen LogP contribution in [0.5, 0.6) is 11.5 Å². The first-order valence-electron chi connectivity index (χ1n) is 9.09. The number of ether oxygens (including phenoxy) is 2. The van der Waals surface area contributed by atoms with Crippen LogP contribution < -0.4 is 9.47 Å². The van der Waals surface area contributed by atoms with Gasteiger partial charge in [-0.25, -0.2) is 4.79 Å². The minimum Gasteiger partial charge on any atom is -0.489 e. The minimum absolute atomic E-state index is 0.0154. The molecule has 148 valence electrons. The van der Waals surface area contributed by atoms with Crippen LogP contribution in [-0.2, 0) is 16.2 Å². The lowest BCUT2D eigenvalue weighted by molar-refractivity contribution is -0.165. The van der Waals surface area contributed by atoms with Crippen molar-refractivity contribution in [1.29, 1.82) is 0 Å². The van der Waals surface area contributed by atoms with Crippen molar-refractivity contribution < 1.29 is 29.3 Å². The first kappa shape index (κ1) is 19.7. The van der Waals surface area contributed by atoms with Gasteiger partial charge in [0.1, 0.15) is 18.1 Å². The number of rotatable bonds is 7. The molecule has 0 aliphatic carbocycles. The van der Waals surface area contributed by atoms with Crippen molar-refractivity contribution in [1.82, 2.24) is 4.90 Å². The molecule has 7 heteroatoms. The molecular weight excluding hydrogens is 362 g/mol. The molecule has 0 atom stereocenters. The van der Waals surface area contributed by atoms with E-state index in [9.17, 15) is 14.7 Å². The van der Waals surface area contributed by atoms with Crippen LogP contribution in [0.4, 0.5) is 0 Å². The van der Waals surface area contributed by atoms with Crippen molar-refractivity contribution in [3.8, 4) is 11.5 Å². The monoisotopic (exact) mass is 385 g/mol. The van der Waals surface area contributed by atoms with Crippen molar-refractivity contribution in [2.75, 3.05) is 19.7 Å². The number of aliphatic carboxylic acids is 1. The zero-order chi connectivity index (χ0) is 20.0. The van der Waals surface area contributed by atoms with Gasteiger partial charge >= 0.3 is 5.97 Å². The predicted octanol–water partition coefficient (Wildman–Crippen LogP) is 2.08. The van der Waals surface area contributed by atoms with Crippen molar-refractivity contribution in [3.05, 3.63) is 60.2 Å². The maximum Gasteiger partial charge on any atom is 0.335 e. The number of likely N-dealkylation sites (tertiary alicyclic amines) is 1. The Kier molecular flexibility index (Phi) is 6.16. The van der Waals surface area contributed by atoms with E-state index < -0.39 is 11.6 Å². The van der Waals surface area contributed by atoms with Crippen LogP contribution in [0, 0.1) is 0 Å². The standard InChI is InChI=1S/C21H23NO6/c23-19(22-12-10-21(26,11-13-22)20(24)25)15-28-18-8-6-17(7-9-18)27-14-16-4-2-1-3-5-16/h1-9,26H,10-15H2,(H,24,25). The first-order chi connectivity index (χ1) is 13.5. The molecule has 1 aliphatic heterocycles. The van der Waals surface area contributed by atoms with Gasteiger partial charge in [0.05, 0.1) is 0 Å². The lowest BCUT2D eigenvalue weighted by Crippen LogP contribution is -2.51. The quantitative estimate of drug-likeness (QED) is 0.758. The second-order valence-electron chi connectivity index (χ2n) is 6.75. The summed E-state index contributed by atoms with van der Waals surface area (Å²) in [6, 6.07) is 16.8. The fourth-order valence-electron chi connectivity index (χ4n) is 2.95. The van der Waals surface area contributed by atoms with Gasteiger partial charge in [0.25, 0.3) is 5.91 Å². The number of amides is 1. The van der Waals surface area contributed by atoms with Crippen LogP contribution in [0.3, 0.4) is 0 Å². The molecule has 1 fully saturated rings. The smallest absolute Gasteiger partial charge is 0.335 e. The predicted molar refractivity (Wildman–Crippen MR) is 101 cm³/mol. The Hall–Kier alpha value is -3.06. The summed E-state index contributed by atoms with van der Waals surface area (Å²) in [5, 5.41) is 18.9. The van der Waals surface area contributed by atoms with Crippen LogP contribution in [-0.4, -0.2) is 52.3 Å². The average molecular weight is 385 g/mol. The van der Waals surface area contributed by atoms with E-state index in [0.717, 1.165) is 5.56 Å². The van der Waals surface area contributed by atoms with Gasteiger partial charge in [-0.05, 0) is 29.8 Å². The third-order valence-electron chi connectivity index (χ3n) is 4.78. The number of carboxylic acid groups (broad SMARTS) is 1. The van der Waals surface area contributed by atoms with Gasteiger partial charge in [-0.2, -0.15) is 0 Å². The molecule has 0 unspecified atom stereocenters. The van der Waals surface area contributed by atoms with E-state index in [2.05, 4.69) is 0 Å². The topological polar surface area (TPSA) is 96.3 Å². The molecule has 3 rings (SSSR count). The van der Waals surface area contributed by atoms with Gasteiger partial charge in [0.15, 0.2) is 12.2 Å². The van der Waals surface area contributed by atoms with E-state index in [1.165, 1.54) is 4.90 Å². The fourth-order valence-corrected chi connectivity index (χ4v) is 2.95. The summed E-state index contributed by atoms with van der Waals surface area (Å²) in [4.78, 5) is 24.8.